The molecule has 3 aromatic carbocycles. The molecule has 1 atom stereocenters. The molecular weight excluding hydrogens is 569 g/mol. The molecule has 7 nitrogen and oxygen atoms in total. The van der Waals surface area contributed by atoms with Crippen LogP contribution in [0.2, 0.25) is 15.1 Å². The van der Waals surface area contributed by atoms with E-state index < -0.39 is 28.5 Å². The minimum Gasteiger partial charge on any atom is -0.357 e. The average Bonchev–Trinajstić information content (AvgIpc) is 2.90. The van der Waals surface area contributed by atoms with E-state index in [1.165, 1.54) is 30.1 Å². The van der Waals surface area contributed by atoms with Gasteiger partial charge in [0, 0.05) is 18.6 Å². The predicted molar refractivity (Wildman–Crippen MR) is 152 cm³/mol. The number of carbonyl (C=O) groups excluding carboxylic acids is 2. The maximum absolute atomic E-state index is 13.9. The van der Waals surface area contributed by atoms with E-state index in [1.54, 1.807) is 62.4 Å². The Morgan fingerprint density at radius 3 is 2.24 bits per heavy atom. The van der Waals surface area contributed by atoms with Crippen molar-refractivity contribution in [1.82, 2.24) is 10.2 Å². The molecule has 0 radical (unpaired) electrons. The van der Waals surface area contributed by atoms with E-state index in [1.807, 2.05) is 0 Å². The smallest absolute Gasteiger partial charge is 0.264 e. The number of halogens is 3. The summed E-state index contributed by atoms with van der Waals surface area (Å²) in [5.74, 6) is -0.956. The Kier molecular flexibility index (Phi) is 10.1. The van der Waals surface area contributed by atoms with E-state index in [0.717, 1.165) is 4.31 Å². The molecule has 0 fully saturated rings. The number of benzene rings is 3. The first-order chi connectivity index (χ1) is 18.0. The lowest BCUT2D eigenvalue weighted by atomic mass is 10.1. The Morgan fingerprint density at radius 2 is 1.63 bits per heavy atom. The van der Waals surface area contributed by atoms with E-state index in [4.69, 9.17) is 34.8 Å². The number of amides is 2. The van der Waals surface area contributed by atoms with Gasteiger partial charge in [-0.2, -0.15) is 0 Å². The van der Waals surface area contributed by atoms with Crippen LogP contribution in [-0.4, -0.2) is 44.8 Å². The highest BCUT2D eigenvalue weighted by Crippen LogP contribution is 2.30. The highest BCUT2D eigenvalue weighted by molar-refractivity contribution is 7.92. The number of nitrogens with zero attached hydrogens (tertiary/aromatic N) is 2. The van der Waals surface area contributed by atoms with E-state index in [-0.39, 0.29) is 23.0 Å². The normalized spacial score (nSPS) is 12.1. The molecule has 0 bridgehead atoms. The van der Waals surface area contributed by atoms with Gasteiger partial charge in [0.25, 0.3) is 10.0 Å². The third-order valence-electron chi connectivity index (χ3n) is 6.02. The standard InChI is InChI=1S/C27H28Cl3N3O4S/c1-4-24(27(35)31-3)32(16-19-11-13-22(29)23(30)14-19)26(34)17-33(25-15-20(28)12-10-18(25)2)38(36,37)21-8-6-5-7-9-21/h5-15,24H,4,16-17H2,1-3H3,(H,31,35)/t24-/m1/s1. The summed E-state index contributed by atoms with van der Waals surface area (Å²) >= 11 is 18.5. The molecule has 0 aliphatic rings. The van der Waals surface area contributed by atoms with Crippen molar-refractivity contribution in [2.45, 2.75) is 37.8 Å². The summed E-state index contributed by atoms with van der Waals surface area (Å²) in [5, 5.41) is 3.55. The molecule has 0 aliphatic heterocycles. The second-order valence-corrected chi connectivity index (χ2v) is 11.7. The van der Waals surface area contributed by atoms with Crippen LogP contribution in [0.25, 0.3) is 0 Å². The molecule has 0 saturated heterocycles. The van der Waals surface area contributed by atoms with Gasteiger partial charge in [-0.3, -0.25) is 13.9 Å². The molecule has 0 saturated carbocycles. The van der Waals surface area contributed by atoms with Crippen LogP contribution >= 0.6 is 34.8 Å². The number of rotatable bonds is 10. The van der Waals surface area contributed by atoms with Crippen LogP contribution < -0.4 is 9.62 Å². The summed E-state index contributed by atoms with van der Waals surface area (Å²) in [6.07, 6.45) is 0.300. The van der Waals surface area contributed by atoms with Gasteiger partial charge < -0.3 is 10.2 Å². The second-order valence-electron chi connectivity index (χ2n) is 8.56. The number of nitrogens with one attached hydrogen (secondary N) is 1. The van der Waals surface area contributed by atoms with Crippen molar-refractivity contribution in [2.75, 3.05) is 17.9 Å². The molecule has 202 valence electrons. The predicted octanol–water partition coefficient (Wildman–Crippen LogP) is 5.70. The van der Waals surface area contributed by atoms with Crippen molar-refractivity contribution >= 4 is 62.3 Å². The zero-order chi connectivity index (χ0) is 28.0. The third-order valence-corrected chi connectivity index (χ3v) is 8.77. The Balaban J connectivity index is 2.10. The fourth-order valence-electron chi connectivity index (χ4n) is 4.01. The Morgan fingerprint density at radius 1 is 0.947 bits per heavy atom. The van der Waals surface area contributed by atoms with Crippen molar-refractivity contribution < 1.29 is 18.0 Å². The minimum atomic E-state index is -4.18. The largest absolute Gasteiger partial charge is 0.357 e. The van der Waals surface area contributed by atoms with Crippen LogP contribution in [0.1, 0.15) is 24.5 Å². The highest BCUT2D eigenvalue weighted by atomic mass is 35.5. The zero-order valence-corrected chi connectivity index (χ0v) is 24.2. The van der Waals surface area contributed by atoms with Crippen molar-refractivity contribution in [3.63, 3.8) is 0 Å². The number of likely N-dealkylation sites (N-methyl/N-ethyl adjacent to an activating group) is 1. The van der Waals surface area contributed by atoms with E-state index in [0.29, 0.717) is 32.6 Å². The van der Waals surface area contributed by atoms with Crippen LogP contribution in [0.15, 0.2) is 71.6 Å². The van der Waals surface area contributed by atoms with E-state index in [9.17, 15) is 18.0 Å². The van der Waals surface area contributed by atoms with Crippen LogP contribution in [0.3, 0.4) is 0 Å². The summed E-state index contributed by atoms with van der Waals surface area (Å²) in [6.45, 7) is 2.95. The van der Waals surface area contributed by atoms with E-state index in [2.05, 4.69) is 5.32 Å². The van der Waals surface area contributed by atoms with Gasteiger partial charge >= 0.3 is 0 Å². The summed E-state index contributed by atoms with van der Waals surface area (Å²) < 4.78 is 28.7. The Hall–Kier alpha value is -2.78. The third kappa shape index (κ3) is 6.80. The van der Waals surface area contributed by atoms with E-state index >= 15 is 0 Å². The molecule has 0 aliphatic carbocycles. The minimum absolute atomic E-state index is 0.00933. The number of carbonyl (C=O) groups is 2. The average molecular weight is 597 g/mol. The fraction of sp³-hybridized carbons (Fsp3) is 0.259. The van der Waals surface area contributed by atoms with Gasteiger partial charge in [-0.25, -0.2) is 8.42 Å². The van der Waals surface area contributed by atoms with Gasteiger partial charge in [0.2, 0.25) is 11.8 Å². The van der Waals surface area contributed by atoms with Crippen molar-refractivity contribution in [3.8, 4) is 0 Å². The molecule has 2 amide bonds. The molecule has 38 heavy (non-hydrogen) atoms. The summed E-state index contributed by atoms with van der Waals surface area (Å²) in [6, 6.07) is 16.7. The van der Waals surface area contributed by atoms with Crippen LogP contribution in [0.4, 0.5) is 5.69 Å². The van der Waals surface area contributed by atoms with Crippen molar-refractivity contribution in [3.05, 3.63) is 92.9 Å². The molecular formula is C27H28Cl3N3O4S. The fourth-order valence-corrected chi connectivity index (χ4v) is 5.98. The molecule has 0 unspecified atom stereocenters. The van der Waals surface area contributed by atoms with Gasteiger partial charge in [-0.05, 0) is 60.9 Å². The summed E-state index contributed by atoms with van der Waals surface area (Å²) in [7, 11) is -2.70. The first-order valence-electron chi connectivity index (χ1n) is 11.8. The first kappa shape index (κ1) is 29.8. The summed E-state index contributed by atoms with van der Waals surface area (Å²) in [5.41, 5.74) is 1.50. The Labute approximate surface area is 238 Å². The molecule has 0 aromatic heterocycles. The molecule has 3 aromatic rings. The molecule has 0 spiro atoms. The van der Waals surface area contributed by atoms with Gasteiger partial charge in [0.15, 0.2) is 0 Å². The maximum atomic E-state index is 13.9. The van der Waals surface area contributed by atoms with Crippen LogP contribution in [-0.2, 0) is 26.2 Å². The lowest BCUT2D eigenvalue weighted by Gasteiger charge is -2.33. The Bertz CT molecular complexity index is 1420. The molecule has 0 heterocycles. The monoisotopic (exact) mass is 595 g/mol. The summed E-state index contributed by atoms with van der Waals surface area (Å²) in [4.78, 5) is 28.1. The van der Waals surface area contributed by atoms with Gasteiger partial charge in [0.05, 0.1) is 20.6 Å². The lowest BCUT2D eigenvalue weighted by molar-refractivity contribution is -0.140. The van der Waals surface area contributed by atoms with Gasteiger partial charge in [-0.1, -0.05) is 72.1 Å². The number of sulfonamides is 1. The number of aryl methyl sites for hydroxylation is 1. The topological polar surface area (TPSA) is 86.8 Å². The lowest BCUT2D eigenvalue weighted by Crippen LogP contribution is -2.51. The second kappa shape index (κ2) is 12.8. The van der Waals surface area contributed by atoms with Gasteiger partial charge in [0.1, 0.15) is 12.6 Å². The number of hydrogen-bond acceptors (Lipinski definition) is 4. The SMILES string of the molecule is CC[C@H](C(=O)NC)N(Cc1ccc(Cl)c(Cl)c1)C(=O)CN(c1cc(Cl)ccc1C)S(=O)(=O)c1ccccc1. The first-order valence-corrected chi connectivity index (χ1v) is 14.4. The zero-order valence-electron chi connectivity index (χ0n) is 21.1. The molecule has 3 rings (SSSR count). The number of hydrogen-bond donors (Lipinski definition) is 1. The van der Waals surface area contributed by atoms with Gasteiger partial charge in [-0.15, -0.1) is 0 Å². The quantitative estimate of drug-likeness (QED) is 0.325. The maximum Gasteiger partial charge on any atom is 0.264 e. The highest BCUT2D eigenvalue weighted by Gasteiger charge is 2.34. The van der Waals surface area contributed by atoms with Crippen LogP contribution in [0, 0.1) is 6.92 Å². The van der Waals surface area contributed by atoms with Crippen LogP contribution in [0.5, 0.6) is 0 Å². The number of anilines is 1. The van der Waals surface area contributed by atoms with Crippen molar-refractivity contribution in [2.24, 2.45) is 0 Å². The van der Waals surface area contributed by atoms with Crippen molar-refractivity contribution in [1.29, 1.82) is 0 Å². The molecule has 11 heteroatoms. The molecule has 1 N–H and O–H groups in total.